The third-order valence-corrected chi connectivity index (χ3v) is 4.22. The summed E-state index contributed by atoms with van der Waals surface area (Å²) in [7, 11) is 4.20. The largest absolute Gasteiger partial charge is 0.409 e. The van der Waals surface area contributed by atoms with Crippen molar-refractivity contribution in [3.63, 3.8) is 0 Å². The monoisotopic (exact) mass is 296 g/mol. The molecule has 1 aliphatic rings. The van der Waals surface area contributed by atoms with Crippen molar-refractivity contribution < 1.29 is 5.21 Å². The Labute approximate surface area is 124 Å². The van der Waals surface area contributed by atoms with Gasteiger partial charge in [0, 0.05) is 25.2 Å². The Bertz CT molecular complexity index is 506. The molecule has 1 fully saturated rings. The van der Waals surface area contributed by atoms with Crippen molar-refractivity contribution in [3.05, 3.63) is 28.8 Å². The van der Waals surface area contributed by atoms with Gasteiger partial charge in [-0.3, -0.25) is 0 Å². The summed E-state index contributed by atoms with van der Waals surface area (Å²) < 4.78 is 0. The molecule has 1 heterocycles. The SMILES string of the molecule is CN(CC1CCCN1C)c1ccc(C(N)=NO)cc1Cl. The van der Waals surface area contributed by atoms with E-state index >= 15 is 0 Å². The van der Waals surface area contributed by atoms with Gasteiger partial charge in [-0.1, -0.05) is 16.8 Å². The first-order valence-electron chi connectivity index (χ1n) is 6.71. The van der Waals surface area contributed by atoms with E-state index in [0.29, 0.717) is 16.6 Å². The average molecular weight is 297 g/mol. The molecule has 0 amide bonds. The molecule has 0 radical (unpaired) electrons. The fourth-order valence-corrected chi connectivity index (χ4v) is 2.98. The second-order valence-electron chi connectivity index (χ2n) is 5.31. The zero-order valence-corrected chi connectivity index (χ0v) is 12.6. The van der Waals surface area contributed by atoms with Crippen LogP contribution in [0, 0.1) is 0 Å². The van der Waals surface area contributed by atoms with E-state index in [1.165, 1.54) is 12.8 Å². The summed E-state index contributed by atoms with van der Waals surface area (Å²) in [5.74, 6) is 0.0663. The summed E-state index contributed by atoms with van der Waals surface area (Å²) in [5.41, 5.74) is 7.14. The van der Waals surface area contributed by atoms with Crippen molar-refractivity contribution in [1.82, 2.24) is 4.90 Å². The summed E-state index contributed by atoms with van der Waals surface area (Å²) in [5, 5.41) is 12.3. The van der Waals surface area contributed by atoms with Crippen molar-refractivity contribution in [1.29, 1.82) is 0 Å². The molecular weight excluding hydrogens is 276 g/mol. The minimum absolute atomic E-state index is 0.0663. The lowest BCUT2D eigenvalue weighted by Gasteiger charge is -2.28. The molecule has 6 heteroatoms. The molecule has 110 valence electrons. The lowest BCUT2D eigenvalue weighted by Crippen LogP contribution is -2.36. The van der Waals surface area contributed by atoms with E-state index in [-0.39, 0.29) is 5.84 Å². The number of rotatable bonds is 4. The van der Waals surface area contributed by atoms with Crippen LogP contribution in [0.5, 0.6) is 0 Å². The molecule has 1 unspecified atom stereocenters. The molecular formula is C14H21ClN4O. The zero-order chi connectivity index (χ0) is 14.7. The van der Waals surface area contributed by atoms with Crippen molar-refractivity contribution in [2.24, 2.45) is 10.9 Å². The lowest BCUT2D eigenvalue weighted by atomic mass is 10.1. The Balaban J connectivity index is 2.12. The van der Waals surface area contributed by atoms with E-state index in [4.69, 9.17) is 22.5 Å². The quantitative estimate of drug-likeness (QED) is 0.386. The molecule has 1 aromatic carbocycles. The first kappa shape index (κ1) is 14.9. The van der Waals surface area contributed by atoms with Gasteiger partial charge in [0.2, 0.25) is 0 Å². The van der Waals surface area contributed by atoms with Gasteiger partial charge in [0.25, 0.3) is 0 Å². The van der Waals surface area contributed by atoms with E-state index in [1.54, 1.807) is 6.07 Å². The molecule has 3 N–H and O–H groups in total. The van der Waals surface area contributed by atoms with Crippen molar-refractivity contribution in [2.75, 3.05) is 32.1 Å². The molecule has 0 saturated carbocycles. The Morgan fingerprint density at radius 2 is 2.35 bits per heavy atom. The van der Waals surface area contributed by atoms with Crippen LogP contribution in [-0.4, -0.2) is 49.2 Å². The number of likely N-dealkylation sites (N-methyl/N-ethyl adjacent to an activating group) is 2. The molecule has 0 aliphatic carbocycles. The first-order valence-corrected chi connectivity index (χ1v) is 7.09. The fraction of sp³-hybridized carbons (Fsp3) is 0.500. The van der Waals surface area contributed by atoms with Gasteiger partial charge in [-0.25, -0.2) is 0 Å². The topological polar surface area (TPSA) is 65.1 Å². The molecule has 20 heavy (non-hydrogen) atoms. The minimum Gasteiger partial charge on any atom is -0.409 e. The Kier molecular flexibility index (Phi) is 4.73. The number of anilines is 1. The van der Waals surface area contributed by atoms with Crippen molar-refractivity contribution in [2.45, 2.75) is 18.9 Å². The molecule has 1 aliphatic heterocycles. The number of nitrogens with two attached hydrogens (primary N) is 1. The van der Waals surface area contributed by atoms with Crippen molar-refractivity contribution in [3.8, 4) is 0 Å². The van der Waals surface area contributed by atoms with Gasteiger partial charge in [0.05, 0.1) is 10.7 Å². The van der Waals surface area contributed by atoms with Gasteiger partial charge in [0.1, 0.15) is 0 Å². The standard InChI is InChI=1S/C14H21ClN4O/c1-18-7-3-4-11(18)9-19(2)13-6-5-10(8-12(13)15)14(16)17-20/h5-6,8,11,20H,3-4,7,9H2,1-2H3,(H2,16,17). The summed E-state index contributed by atoms with van der Waals surface area (Å²) in [6.07, 6.45) is 2.48. The molecule has 1 saturated heterocycles. The van der Waals surface area contributed by atoms with Gasteiger partial charge < -0.3 is 20.7 Å². The van der Waals surface area contributed by atoms with Gasteiger partial charge in [-0.15, -0.1) is 0 Å². The molecule has 5 nitrogen and oxygen atoms in total. The summed E-state index contributed by atoms with van der Waals surface area (Å²) in [6, 6.07) is 6.01. The number of hydrogen-bond acceptors (Lipinski definition) is 4. The highest BCUT2D eigenvalue weighted by molar-refractivity contribution is 6.33. The molecule has 1 atom stereocenters. The van der Waals surface area contributed by atoms with Crippen LogP contribution >= 0.6 is 11.6 Å². The molecule has 1 aromatic rings. The van der Waals surface area contributed by atoms with Gasteiger partial charge in [0.15, 0.2) is 5.84 Å². The summed E-state index contributed by atoms with van der Waals surface area (Å²) >= 11 is 6.30. The highest BCUT2D eigenvalue weighted by Crippen LogP contribution is 2.27. The van der Waals surface area contributed by atoms with Gasteiger partial charge in [-0.05, 0) is 44.6 Å². The van der Waals surface area contributed by atoms with Crippen LogP contribution in [0.4, 0.5) is 5.69 Å². The number of amidine groups is 1. The third-order valence-electron chi connectivity index (χ3n) is 3.92. The number of nitrogens with zero attached hydrogens (tertiary/aromatic N) is 3. The van der Waals surface area contributed by atoms with Crippen LogP contribution in [0.1, 0.15) is 18.4 Å². The highest BCUT2D eigenvalue weighted by Gasteiger charge is 2.22. The third kappa shape index (κ3) is 3.16. The van der Waals surface area contributed by atoms with Crippen LogP contribution in [-0.2, 0) is 0 Å². The normalized spacial score (nSPS) is 20.4. The number of likely N-dealkylation sites (tertiary alicyclic amines) is 1. The lowest BCUT2D eigenvalue weighted by molar-refractivity contribution is 0.314. The van der Waals surface area contributed by atoms with E-state index in [2.05, 4.69) is 22.0 Å². The summed E-state index contributed by atoms with van der Waals surface area (Å²) in [4.78, 5) is 4.54. The molecule has 0 spiro atoms. The number of hydrogen-bond donors (Lipinski definition) is 2. The minimum atomic E-state index is 0.0663. The van der Waals surface area contributed by atoms with Crippen LogP contribution in [0.15, 0.2) is 23.4 Å². The predicted molar refractivity (Wildman–Crippen MR) is 82.9 cm³/mol. The van der Waals surface area contributed by atoms with E-state index in [1.807, 2.05) is 19.2 Å². The Hall–Kier alpha value is -1.46. The smallest absolute Gasteiger partial charge is 0.170 e. The number of halogens is 1. The van der Waals surface area contributed by atoms with Crippen LogP contribution in [0.2, 0.25) is 5.02 Å². The van der Waals surface area contributed by atoms with Crippen LogP contribution < -0.4 is 10.6 Å². The predicted octanol–water partition coefficient (Wildman–Crippen LogP) is 1.96. The first-order chi connectivity index (χ1) is 9.52. The maximum atomic E-state index is 8.68. The van der Waals surface area contributed by atoms with E-state index in [9.17, 15) is 0 Å². The van der Waals surface area contributed by atoms with Gasteiger partial charge >= 0.3 is 0 Å². The van der Waals surface area contributed by atoms with E-state index < -0.39 is 0 Å². The Morgan fingerprint density at radius 3 is 2.90 bits per heavy atom. The van der Waals surface area contributed by atoms with Crippen molar-refractivity contribution >= 4 is 23.1 Å². The average Bonchev–Trinajstić information content (AvgIpc) is 2.83. The molecule has 0 aromatic heterocycles. The molecule has 2 rings (SSSR count). The Morgan fingerprint density at radius 1 is 1.60 bits per heavy atom. The maximum Gasteiger partial charge on any atom is 0.170 e. The fourth-order valence-electron chi connectivity index (χ4n) is 2.66. The van der Waals surface area contributed by atoms with Crippen LogP contribution in [0.3, 0.4) is 0 Å². The maximum absolute atomic E-state index is 8.68. The van der Waals surface area contributed by atoms with E-state index in [0.717, 1.165) is 18.8 Å². The second-order valence-corrected chi connectivity index (χ2v) is 5.72. The molecule has 0 bridgehead atoms. The summed E-state index contributed by atoms with van der Waals surface area (Å²) in [6.45, 7) is 2.10. The second kappa shape index (κ2) is 6.33. The van der Waals surface area contributed by atoms with Crippen LogP contribution in [0.25, 0.3) is 0 Å². The zero-order valence-electron chi connectivity index (χ0n) is 11.9. The van der Waals surface area contributed by atoms with Gasteiger partial charge in [-0.2, -0.15) is 0 Å². The number of benzene rings is 1. The number of oxime groups is 1. The highest BCUT2D eigenvalue weighted by atomic mass is 35.5.